The van der Waals surface area contributed by atoms with Crippen molar-refractivity contribution >= 4 is 23.1 Å². The van der Waals surface area contributed by atoms with E-state index in [2.05, 4.69) is 54.8 Å². The number of thioether (sulfide) groups is 1. The Morgan fingerprint density at radius 1 is 1.21 bits per heavy atom. The van der Waals surface area contributed by atoms with Crippen LogP contribution in [-0.4, -0.2) is 32.6 Å². The van der Waals surface area contributed by atoms with Crippen LogP contribution in [0.4, 0.5) is 11.4 Å². The van der Waals surface area contributed by atoms with Crippen LogP contribution in [0.25, 0.3) is 0 Å². The summed E-state index contributed by atoms with van der Waals surface area (Å²) in [7, 11) is 4.10. The van der Waals surface area contributed by atoms with Crippen LogP contribution in [0, 0.1) is 0 Å². The van der Waals surface area contributed by atoms with Crippen molar-refractivity contribution < 1.29 is 0 Å². The smallest absolute Gasteiger partial charge is 0.0362 e. The summed E-state index contributed by atoms with van der Waals surface area (Å²) >= 11 is 1.86. The van der Waals surface area contributed by atoms with Crippen LogP contribution in [0.5, 0.6) is 0 Å². The number of rotatable bonds is 5. The zero-order chi connectivity index (χ0) is 10.4. The Bertz CT molecular complexity index is 256. The second kappa shape index (κ2) is 5.81. The number of anilines is 2. The summed E-state index contributed by atoms with van der Waals surface area (Å²) in [6.07, 6.45) is 2.12. The van der Waals surface area contributed by atoms with Gasteiger partial charge in [0.15, 0.2) is 0 Å². The highest BCUT2D eigenvalue weighted by atomic mass is 32.2. The van der Waals surface area contributed by atoms with E-state index in [1.54, 1.807) is 0 Å². The molecule has 0 aromatic heterocycles. The molecule has 2 nitrogen and oxygen atoms in total. The Morgan fingerprint density at radius 3 is 2.36 bits per heavy atom. The van der Waals surface area contributed by atoms with Crippen LogP contribution < -0.4 is 10.2 Å². The molecule has 1 N–H and O–H groups in total. The SMILES string of the molecule is CSCCNc1ccc(N(C)C)cc1. The first-order valence-electron chi connectivity index (χ1n) is 4.74. The van der Waals surface area contributed by atoms with Gasteiger partial charge in [-0.05, 0) is 30.5 Å². The fraction of sp³-hybridized carbons (Fsp3) is 0.455. The summed E-state index contributed by atoms with van der Waals surface area (Å²) in [5.41, 5.74) is 2.44. The molecule has 3 heteroatoms. The summed E-state index contributed by atoms with van der Waals surface area (Å²) in [4.78, 5) is 2.10. The minimum atomic E-state index is 1.03. The lowest BCUT2D eigenvalue weighted by Gasteiger charge is -2.13. The van der Waals surface area contributed by atoms with Crippen LogP contribution in [-0.2, 0) is 0 Å². The van der Waals surface area contributed by atoms with E-state index in [0.717, 1.165) is 12.3 Å². The van der Waals surface area contributed by atoms with Crippen LogP contribution in [0.15, 0.2) is 24.3 Å². The van der Waals surface area contributed by atoms with Crippen molar-refractivity contribution in [2.75, 3.05) is 42.9 Å². The minimum Gasteiger partial charge on any atom is -0.384 e. The molecule has 0 unspecified atom stereocenters. The van der Waals surface area contributed by atoms with Gasteiger partial charge in [0.2, 0.25) is 0 Å². The summed E-state index contributed by atoms with van der Waals surface area (Å²) in [5, 5.41) is 3.37. The van der Waals surface area contributed by atoms with Crippen LogP contribution in [0.3, 0.4) is 0 Å². The zero-order valence-corrected chi connectivity index (χ0v) is 9.90. The number of hydrogen-bond donors (Lipinski definition) is 1. The summed E-state index contributed by atoms with van der Waals surface area (Å²) in [6.45, 7) is 1.03. The van der Waals surface area contributed by atoms with Gasteiger partial charge in [-0.2, -0.15) is 11.8 Å². The van der Waals surface area contributed by atoms with Crippen LogP contribution in [0.2, 0.25) is 0 Å². The van der Waals surface area contributed by atoms with E-state index < -0.39 is 0 Å². The van der Waals surface area contributed by atoms with E-state index in [1.165, 1.54) is 11.4 Å². The average molecular weight is 210 g/mol. The molecule has 0 bridgehead atoms. The monoisotopic (exact) mass is 210 g/mol. The maximum absolute atomic E-state index is 3.37. The van der Waals surface area contributed by atoms with Crippen molar-refractivity contribution in [1.82, 2.24) is 0 Å². The fourth-order valence-electron chi connectivity index (χ4n) is 1.17. The van der Waals surface area contributed by atoms with E-state index in [1.807, 2.05) is 11.8 Å². The van der Waals surface area contributed by atoms with Crippen molar-refractivity contribution in [3.63, 3.8) is 0 Å². The van der Waals surface area contributed by atoms with Gasteiger partial charge in [-0.15, -0.1) is 0 Å². The van der Waals surface area contributed by atoms with Gasteiger partial charge in [-0.3, -0.25) is 0 Å². The highest BCUT2D eigenvalue weighted by Gasteiger charge is 1.94. The summed E-state index contributed by atoms with van der Waals surface area (Å²) < 4.78 is 0. The number of benzene rings is 1. The van der Waals surface area contributed by atoms with Crippen LogP contribution >= 0.6 is 11.8 Å². The molecule has 0 atom stereocenters. The molecule has 0 aliphatic carbocycles. The van der Waals surface area contributed by atoms with E-state index >= 15 is 0 Å². The van der Waals surface area contributed by atoms with E-state index in [4.69, 9.17) is 0 Å². The lowest BCUT2D eigenvalue weighted by Crippen LogP contribution is -2.08. The predicted molar refractivity (Wildman–Crippen MR) is 67.6 cm³/mol. The van der Waals surface area contributed by atoms with Crippen molar-refractivity contribution in [2.24, 2.45) is 0 Å². The molecule has 78 valence electrons. The van der Waals surface area contributed by atoms with Crippen molar-refractivity contribution in [2.45, 2.75) is 0 Å². The molecule has 0 amide bonds. The van der Waals surface area contributed by atoms with E-state index in [9.17, 15) is 0 Å². The first kappa shape index (κ1) is 11.2. The molecule has 0 radical (unpaired) electrons. The quantitative estimate of drug-likeness (QED) is 0.752. The van der Waals surface area contributed by atoms with Crippen LogP contribution in [0.1, 0.15) is 0 Å². The highest BCUT2D eigenvalue weighted by Crippen LogP contribution is 2.15. The Morgan fingerprint density at radius 2 is 1.86 bits per heavy atom. The molecular weight excluding hydrogens is 192 g/mol. The molecular formula is C11H18N2S. The number of nitrogens with zero attached hydrogens (tertiary/aromatic N) is 1. The molecule has 0 heterocycles. The summed E-state index contributed by atoms with van der Waals surface area (Å²) in [6, 6.07) is 8.49. The summed E-state index contributed by atoms with van der Waals surface area (Å²) in [5.74, 6) is 1.15. The van der Waals surface area contributed by atoms with Gasteiger partial charge in [0, 0.05) is 37.8 Å². The van der Waals surface area contributed by atoms with E-state index in [-0.39, 0.29) is 0 Å². The zero-order valence-electron chi connectivity index (χ0n) is 9.08. The molecule has 0 saturated heterocycles. The second-order valence-electron chi connectivity index (χ2n) is 3.36. The second-order valence-corrected chi connectivity index (χ2v) is 4.35. The maximum Gasteiger partial charge on any atom is 0.0362 e. The molecule has 1 rings (SSSR count). The molecule has 0 spiro atoms. The van der Waals surface area contributed by atoms with Gasteiger partial charge < -0.3 is 10.2 Å². The van der Waals surface area contributed by atoms with Gasteiger partial charge in [-0.25, -0.2) is 0 Å². The normalized spacial score (nSPS) is 9.93. The Labute approximate surface area is 90.7 Å². The Balaban J connectivity index is 2.47. The Kier molecular flexibility index (Phi) is 4.66. The minimum absolute atomic E-state index is 1.03. The lowest BCUT2D eigenvalue weighted by molar-refractivity contribution is 1.13. The predicted octanol–water partition coefficient (Wildman–Crippen LogP) is 2.53. The van der Waals surface area contributed by atoms with Crippen molar-refractivity contribution in [1.29, 1.82) is 0 Å². The first-order valence-corrected chi connectivity index (χ1v) is 6.13. The van der Waals surface area contributed by atoms with Crippen molar-refractivity contribution in [3.8, 4) is 0 Å². The molecule has 1 aromatic carbocycles. The Hall–Kier alpha value is -0.830. The fourth-order valence-corrected chi connectivity index (χ4v) is 1.48. The highest BCUT2D eigenvalue weighted by molar-refractivity contribution is 7.98. The van der Waals surface area contributed by atoms with Gasteiger partial charge in [0.25, 0.3) is 0 Å². The van der Waals surface area contributed by atoms with E-state index in [0.29, 0.717) is 0 Å². The number of hydrogen-bond acceptors (Lipinski definition) is 3. The molecule has 14 heavy (non-hydrogen) atoms. The first-order chi connectivity index (χ1) is 6.74. The third-order valence-corrected chi connectivity index (χ3v) is 2.63. The maximum atomic E-state index is 3.37. The van der Waals surface area contributed by atoms with Gasteiger partial charge in [0.1, 0.15) is 0 Å². The molecule has 0 aliphatic rings. The third-order valence-electron chi connectivity index (χ3n) is 2.02. The standard InChI is InChI=1S/C11H18N2S/c1-13(2)11-6-4-10(5-7-11)12-8-9-14-3/h4-7,12H,8-9H2,1-3H3. The van der Waals surface area contributed by atoms with Gasteiger partial charge >= 0.3 is 0 Å². The average Bonchev–Trinajstić information content (AvgIpc) is 2.19. The van der Waals surface area contributed by atoms with Gasteiger partial charge in [0.05, 0.1) is 0 Å². The molecule has 0 aliphatic heterocycles. The van der Waals surface area contributed by atoms with Gasteiger partial charge in [-0.1, -0.05) is 0 Å². The van der Waals surface area contributed by atoms with Crippen molar-refractivity contribution in [3.05, 3.63) is 24.3 Å². The lowest BCUT2D eigenvalue weighted by atomic mass is 10.2. The topological polar surface area (TPSA) is 15.3 Å². The number of nitrogens with one attached hydrogen (secondary N) is 1. The largest absolute Gasteiger partial charge is 0.384 e. The molecule has 0 fully saturated rings. The molecule has 0 saturated carbocycles. The molecule has 1 aromatic rings. The third kappa shape index (κ3) is 3.50.